The van der Waals surface area contributed by atoms with Gasteiger partial charge in [-0.1, -0.05) is 0 Å². The molecule has 0 aliphatic carbocycles. The van der Waals surface area contributed by atoms with Gasteiger partial charge in [0, 0.05) is 0 Å². The molecule has 0 N–H and O–H groups in total. The molecule has 0 nitrogen and oxygen atoms in total. The average molecular weight is 79.5 g/mol. The molecule has 0 rings (SSSR count). The predicted octanol–water partition coefficient (Wildman–Crippen LogP) is -0.329. The molecule has 0 atom stereocenters. The molecular formula is CH3B3S. The van der Waals surface area contributed by atoms with Crippen LogP contribution in [0.3, 0.4) is 0 Å². The Kier molecular flexibility index (Phi) is 2.86. The third kappa shape index (κ3) is 4.41. The summed E-state index contributed by atoms with van der Waals surface area (Å²) in [7, 11) is 4.76. The van der Waals surface area contributed by atoms with Crippen molar-refractivity contribution < 1.29 is 0 Å². The van der Waals surface area contributed by atoms with Crippen molar-refractivity contribution >= 4 is 29.9 Å². The van der Waals surface area contributed by atoms with Crippen molar-refractivity contribution in [2.24, 2.45) is 0 Å². The van der Waals surface area contributed by atoms with E-state index in [0.29, 0.717) is 0 Å². The molecule has 0 unspecified atom stereocenters. The standard InChI is InChI=1S/CH3B3S/c1-5(3)4-2/h1H3. The average Bonchev–Trinajstić information content (AvgIpc) is 1.38. The van der Waals surface area contributed by atoms with Crippen molar-refractivity contribution in [1.82, 2.24) is 0 Å². The van der Waals surface area contributed by atoms with E-state index in [1.807, 2.05) is 6.26 Å². The van der Waals surface area contributed by atoms with E-state index in [0.717, 1.165) is 0 Å². The van der Waals surface area contributed by atoms with Crippen LogP contribution in [0.5, 0.6) is 0 Å². The Morgan fingerprint density at radius 1 is 1.80 bits per heavy atom. The van der Waals surface area contributed by atoms with E-state index in [9.17, 15) is 0 Å². The molecule has 5 heavy (non-hydrogen) atoms. The van der Waals surface area contributed by atoms with Crippen LogP contribution in [-0.2, 0) is 0 Å². The van der Waals surface area contributed by atoms with Gasteiger partial charge in [0.1, 0.15) is 0 Å². The van der Waals surface area contributed by atoms with Crippen molar-refractivity contribution in [3.8, 4) is 0 Å². The van der Waals surface area contributed by atoms with Gasteiger partial charge in [-0.25, -0.2) is 0 Å². The molecule has 2 radical (unpaired) electrons. The Labute approximate surface area is 36.9 Å². The first-order valence-electron chi connectivity index (χ1n) is 1.21. The van der Waals surface area contributed by atoms with Gasteiger partial charge in [0.05, 0.1) is 0 Å². The van der Waals surface area contributed by atoms with Crippen LogP contribution in [0, 0.1) is 0 Å². The topological polar surface area (TPSA) is 0 Å². The third-order valence-electron chi connectivity index (χ3n) is 0.215. The second-order valence-corrected chi connectivity index (χ2v) is 2.23. The van der Waals surface area contributed by atoms with Gasteiger partial charge in [0.15, 0.2) is 0 Å². The van der Waals surface area contributed by atoms with Crippen LogP contribution >= 0.6 is 9.56 Å². The zero-order valence-electron chi connectivity index (χ0n) is 3.14. The molecule has 0 saturated heterocycles. The molecule has 0 amide bonds. The summed E-state index contributed by atoms with van der Waals surface area (Å²) >= 11 is 0. The molecule has 0 spiro atoms. The van der Waals surface area contributed by atoms with Gasteiger partial charge >= 0.3 is 36.1 Å². The fraction of sp³-hybridized carbons (Fsp3) is 1.00. The molecule has 4 heteroatoms. The molecule has 0 heterocycles. The SMILES string of the molecule is [B]B=S(#B)C. The first-order valence-corrected chi connectivity index (χ1v) is 2.97. The minimum atomic E-state index is -0.170. The van der Waals surface area contributed by atoms with Crippen molar-refractivity contribution in [2.75, 3.05) is 6.26 Å². The minimum absolute atomic E-state index is 0.170. The van der Waals surface area contributed by atoms with E-state index >= 15 is 0 Å². The van der Waals surface area contributed by atoms with Crippen LogP contribution in [-0.4, -0.2) is 26.6 Å². The fourth-order valence-corrected chi connectivity index (χ4v) is 0. The summed E-state index contributed by atoms with van der Waals surface area (Å²) in [6, 6.07) is 1.47. The second kappa shape index (κ2) is 2.64. The van der Waals surface area contributed by atoms with Crippen LogP contribution in [0.1, 0.15) is 0 Å². The number of hydrogen-bond donors (Lipinski definition) is 0. The number of hydrogen-bond acceptors (Lipinski definition) is 0. The molecule has 0 fully saturated rings. The van der Waals surface area contributed by atoms with Crippen LogP contribution in [0.15, 0.2) is 0 Å². The molecule has 0 saturated carbocycles. The molecule has 0 bridgehead atoms. The second-order valence-electron chi connectivity index (χ2n) is 0.744. The monoisotopic (exact) mass is 80.0 g/mol. The summed E-state index contributed by atoms with van der Waals surface area (Å²) in [5.74, 6) is 0. The summed E-state index contributed by atoms with van der Waals surface area (Å²) in [4.78, 5) is 0. The van der Waals surface area contributed by atoms with E-state index in [2.05, 4.69) is 0 Å². The maximum absolute atomic E-state index is 5.14. The zero-order chi connectivity index (χ0) is 4.28. The van der Waals surface area contributed by atoms with Gasteiger partial charge in [-0.2, -0.15) is 0 Å². The Balaban J connectivity index is 3.82. The van der Waals surface area contributed by atoms with Crippen molar-refractivity contribution in [3.63, 3.8) is 0 Å². The van der Waals surface area contributed by atoms with Crippen molar-refractivity contribution in [2.45, 2.75) is 0 Å². The molecule has 0 aromatic carbocycles. The van der Waals surface area contributed by atoms with Gasteiger partial charge in [0.25, 0.3) is 0 Å². The van der Waals surface area contributed by atoms with E-state index < -0.39 is 0 Å². The quantitative estimate of drug-likeness (QED) is 0.349. The van der Waals surface area contributed by atoms with Crippen molar-refractivity contribution in [1.29, 1.82) is 0 Å². The Hall–Kier alpha value is 0.415. The summed E-state index contributed by atoms with van der Waals surface area (Å²) in [5.41, 5.74) is 0. The van der Waals surface area contributed by atoms with Gasteiger partial charge < -0.3 is 0 Å². The first-order chi connectivity index (χ1) is 2.27. The maximum atomic E-state index is 5.14. The fourth-order valence-electron chi connectivity index (χ4n) is 0. The molecule has 0 aromatic heterocycles. The molecular weight excluding hydrogens is 76.5 g/mol. The van der Waals surface area contributed by atoms with Gasteiger partial charge in [-0.15, -0.1) is 0 Å². The summed E-state index contributed by atoms with van der Waals surface area (Å²) < 4.78 is 0. The summed E-state index contributed by atoms with van der Waals surface area (Å²) in [5, 5.41) is 0. The van der Waals surface area contributed by atoms with Crippen LogP contribution in [0.25, 0.3) is 0 Å². The molecule has 0 aliphatic heterocycles. The normalized spacial score (nSPS) is 10.6. The van der Waals surface area contributed by atoms with Crippen LogP contribution in [0.2, 0.25) is 0 Å². The van der Waals surface area contributed by atoms with Gasteiger partial charge in [-0.3, -0.25) is 0 Å². The third-order valence-corrected chi connectivity index (χ3v) is 0.644. The van der Waals surface area contributed by atoms with E-state index in [4.69, 9.17) is 14.3 Å². The number of rotatable bonds is 0. The van der Waals surface area contributed by atoms with Crippen LogP contribution < -0.4 is 0 Å². The Morgan fingerprint density at radius 2 is 2.00 bits per heavy atom. The Bertz CT molecular complexity index is 117. The van der Waals surface area contributed by atoms with E-state index in [1.54, 1.807) is 0 Å². The zero-order valence-corrected chi connectivity index (χ0v) is 3.96. The van der Waals surface area contributed by atoms with Gasteiger partial charge in [-0.05, 0) is 0 Å². The molecule has 0 aliphatic rings. The van der Waals surface area contributed by atoms with Crippen LogP contribution in [0.4, 0.5) is 0 Å². The van der Waals surface area contributed by atoms with E-state index in [-0.39, 0.29) is 9.56 Å². The predicted molar refractivity (Wildman–Crippen MR) is 30.8 cm³/mol. The van der Waals surface area contributed by atoms with Crippen molar-refractivity contribution in [3.05, 3.63) is 0 Å². The summed E-state index contributed by atoms with van der Waals surface area (Å²) in [6.45, 7) is 5.14. The van der Waals surface area contributed by atoms with Gasteiger partial charge in [0.2, 0.25) is 0 Å². The first kappa shape index (κ1) is 5.41. The molecule has 22 valence electrons. The summed E-state index contributed by atoms with van der Waals surface area (Å²) in [6.07, 6.45) is 1.85. The Morgan fingerprint density at radius 3 is 2.00 bits per heavy atom. The molecule has 0 aromatic rings. The van der Waals surface area contributed by atoms with E-state index in [1.165, 1.54) is 6.05 Å².